The van der Waals surface area contributed by atoms with E-state index >= 15 is 0 Å². The van der Waals surface area contributed by atoms with Gasteiger partial charge in [0.2, 0.25) is 5.91 Å². The zero-order valence-electron chi connectivity index (χ0n) is 12.9. The van der Waals surface area contributed by atoms with Crippen molar-refractivity contribution in [2.24, 2.45) is 0 Å². The Bertz CT molecular complexity index is 425. The van der Waals surface area contributed by atoms with Crippen LogP contribution in [0.25, 0.3) is 6.08 Å². The third kappa shape index (κ3) is 9.01. The highest BCUT2D eigenvalue weighted by atomic mass is 19.1. The van der Waals surface area contributed by atoms with Gasteiger partial charge in [-0.25, -0.2) is 4.39 Å². The van der Waals surface area contributed by atoms with Crippen LogP contribution in [0.4, 0.5) is 4.39 Å². The molecule has 0 bridgehead atoms. The predicted molar refractivity (Wildman–Crippen MR) is 86.4 cm³/mol. The summed E-state index contributed by atoms with van der Waals surface area (Å²) in [6.07, 6.45) is 11.9. The van der Waals surface area contributed by atoms with Gasteiger partial charge < -0.3 is 5.32 Å². The molecule has 1 amide bonds. The summed E-state index contributed by atoms with van der Waals surface area (Å²) in [6, 6.07) is 6.07. The second-order valence-corrected chi connectivity index (χ2v) is 5.30. The van der Waals surface area contributed by atoms with Crippen LogP contribution in [0.1, 0.15) is 57.4 Å². The molecule has 0 aliphatic rings. The minimum atomic E-state index is -0.268. The normalized spacial score (nSPS) is 11.0. The molecular formula is C18H26FNO. The minimum absolute atomic E-state index is 0.0923. The zero-order valence-corrected chi connectivity index (χ0v) is 12.9. The van der Waals surface area contributed by atoms with Crippen LogP contribution in [0.2, 0.25) is 0 Å². The molecule has 0 fully saturated rings. The van der Waals surface area contributed by atoms with Crippen molar-refractivity contribution < 1.29 is 9.18 Å². The lowest BCUT2D eigenvalue weighted by Gasteiger charge is -2.02. The fourth-order valence-electron chi connectivity index (χ4n) is 2.10. The molecule has 0 aliphatic carbocycles. The molecule has 1 aromatic carbocycles. The summed E-state index contributed by atoms with van der Waals surface area (Å²) in [4.78, 5) is 11.6. The van der Waals surface area contributed by atoms with Crippen molar-refractivity contribution in [3.8, 4) is 0 Å². The Morgan fingerprint density at radius 1 is 1.05 bits per heavy atom. The number of nitrogens with one attached hydrogen (secondary N) is 1. The first-order valence-electron chi connectivity index (χ1n) is 7.94. The van der Waals surface area contributed by atoms with E-state index in [9.17, 15) is 9.18 Å². The van der Waals surface area contributed by atoms with E-state index in [4.69, 9.17) is 0 Å². The molecule has 0 saturated heterocycles. The lowest BCUT2D eigenvalue weighted by molar-refractivity contribution is -0.116. The molecule has 0 saturated carbocycles. The summed E-state index contributed by atoms with van der Waals surface area (Å²) in [7, 11) is 0. The quantitative estimate of drug-likeness (QED) is 0.491. The highest BCUT2D eigenvalue weighted by Crippen LogP contribution is 2.06. The zero-order chi connectivity index (χ0) is 15.3. The number of hydrogen-bond donors (Lipinski definition) is 1. The number of carbonyl (C=O) groups excluding carboxylic acids is 1. The fraction of sp³-hybridized carbons (Fsp3) is 0.500. The van der Waals surface area contributed by atoms with Crippen molar-refractivity contribution in [3.63, 3.8) is 0 Å². The Morgan fingerprint density at radius 3 is 2.33 bits per heavy atom. The molecule has 0 unspecified atom stereocenters. The molecule has 1 aromatic rings. The number of halogens is 1. The molecule has 116 valence electrons. The molecule has 0 heterocycles. The number of unbranched alkanes of at least 4 members (excludes halogenated alkanes) is 6. The summed E-state index contributed by atoms with van der Waals surface area (Å²) >= 11 is 0. The number of amides is 1. The maximum Gasteiger partial charge on any atom is 0.243 e. The molecule has 2 nitrogen and oxygen atoms in total. The SMILES string of the molecule is CCCCCCCCCNC(=O)/C=C/c1ccc(F)cc1. The molecule has 0 aromatic heterocycles. The fourth-order valence-corrected chi connectivity index (χ4v) is 2.10. The number of rotatable bonds is 10. The van der Waals surface area contributed by atoms with Gasteiger partial charge in [-0.3, -0.25) is 4.79 Å². The van der Waals surface area contributed by atoms with E-state index in [0.717, 1.165) is 18.5 Å². The Labute approximate surface area is 127 Å². The molecular weight excluding hydrogens is 265 g/mol. The van der Waals surface area contributed by atoms with Crippen LogP contribution >= 0.6 is 0 Å². The van der Waals surface area contributed by atoms with Crippen LogP contribution in [-0.4, -0.2) is 12.5 Å². The van der Waals surface area contributed by atoms with Gasteiger partial charge in [0.15, 0.2) is 0 Å². The molecule has 1 rings (SSSR count). The Kier molecular flexibility index (Phi) is 9.18. The van der Waals surface area contributed by atoms with Gasteiger partial charge >= 0.3 is 0 Å². The van der Waals surface area contributed by atoms with Gasteiger partial charge in [0.1, 0.15) is 5.82 Å². The van der Waals surface area contributed by atoms with Crippen LogP contribution in [0, 0.1) is 5.82 Å². The lowest BCUT2D eigenvalue weighted by atomic mass is 10.1. The van der Waals surface area contributed by atoms with Gasteiger partial charge in [-0.15, -0.1) is 0 Å². The predicted octanol–water partition coefficient (Wildman–Crippen LogP) is 4.71. The maximum absolute atomic E-state index is 12.7. The number of carbonyl (C=O) groups is 1. The molecule has 0 atom stereocenters. The van der Waals surface area contributed by atoms with E-state index in [2.05, 4.69) is 12.2 Å². The third-order valence-electron chi connectivity index (χ3n) is 3.38. The Morgan fingerprint density at radius 2 is 1.67 bits per heavy atom. The lowest BCUT2D eigenvalue weighted by Crippen LogP contribution is -2.21. The summed E-state index contributed by atoms with van der Waals surface area (Å²) in [5, 5.41) is 2.87. The van der Waals surface area contributed by atoms with Crippen LogP contribution in [0.3, 0.4) is 0 Å². The second kappa shape index (κ2) is 11.1. The Hall–Kier alpha value is -1.64. The topological polar surface area (TPSA) is 29.1 Å². The molecule has 0 radical (unpaired) electrons. The highest BCUT2D eigenvalue weighted by molar-refractivity contribution is 5.91. The molecule has 0 aliphatic heterocycles. The van der Waals surface area contributed by atoms with Gasteiger partial charge in [0, 0.05) is 12.6 Å². The van der Waals surface area contributed by atoms with E-state index in [1.807, 2.05) is 0 Å². The standard InChI is InChI=1S/C18H26FNO/c1-2-3-4-5-6-7-8-15-20-18(21)14-11-16-9-12-17(19)13-10-16/h9-14H,2-8,15H2,1H3,(H,20,21)/b14-11+. The van der Waals surface area contributed by atoms with Crippen molar-refractivity contribution in [2.45, 2.75) is 51.9 Å². The van der Waals surface area contributed by atoms with E-state index in [1.165, 1.54) is 56.7 Å². The minimum Gasteiger partial charge on any atom is -0.353 e. The molecule has 21 heavy (non-hydrogen) atoms. The summed E-state index contributed by atoms with van der Waals surface area (Å²) in [6.45, 7) is 2.94. The van der Waals surface area contributed by atoms with Crippen LogP contribution in [0.5, 0.6) is 0 Å². The monoisotopic (exact) mass is 291 g/mol. The van der Waals surface area contributed by atoms with Gasteiger partial charge in [0.25, 0.3) is 0 Å². The van der Waals surface area contributed by atoms with Gasteiger partial charge in [-0.05, 0) is 30.2 Å². The van der Waals surface area contributed by atoms with Crippen molar-refractivity contribution in [2.75, 3.05) is 6.54 Å². The van der Waals surface area contributed by atoms with Crippen molar-refractivity contribution in [1.82, 2.24) is 5.32 Å². The van der Waals surface area contributed by atoms with Crippen LogP contribution in [0.15, 0.2) is 30.3 Å². The average Bonchev–Trinajstić information content (AvgIpc) is 2.49. The van der Waals surface area contributed by atoms with Gasteiger partial charge in [-0.2, -0.15) is 0 Å². The van der Waals surface area contributed by atoms with E-state index in [1.54, 1.807) is 18.2 Å². The van der Waals surface area contributed by atoms with E-state index in [0.29, 0.717) is 0 Å². The van der Waals surface area contributed by atoms with Crippen molar-refractivity contribution in [3.05, 3.63) is 41.7 Å². The van der Waals surface area contributed by atoms with E-state index in [-0.39, 0.29) is 11.7 Å². The summed E-state index contributed by atoms with van der Waals surface area (Å²) in [5.74, 6) is -0.360. The highest BCUT2D eigenvalue weighted by Gasteiger charge is 1.96. The number of hydrogen-bond acceptors (Lipinski definition) is 1. The van der Waals surface area contributed by atoms with Crippen LogP contribution in [-0.2, 0) is 4.79 Å². The molecule has 0 spiro atoms. The average molecular weight is 291 g/mol. The van der Waals surface area contributed by atoms with E-state index < -0.39 is 0 Å². The second-order valence-electron chi connectivity index (χ2n) is 5.30. The van der Waals surface area contributed by atoms with Crippen molar-refractivity contribution in [1.29, 1.82) is 0 Å². The van der Waals surface area contributed by atoms with Gasteiger partial charge in [0.05, 0.1) is 0 Å². The molecule has 1 N–H and O–H groups in total. The molecule has 3 heteroatoms. The number of benzene rings is 1. The Balaban J connectivity index is 2.07. The summed E-state index contributed by atoms with van der Waals surface area (Å²) < 4.78 is 12.7. The van der Waals surface area contributed by atoms with Gasteiger partial charge in [-0.1, -0.05) is 57.6 Å². The maximum atomic E-state index is 12.7. The summed E-state index contributed by atoms with van der Waals surface area (Å²) in [5.41, 5.74) is 0.822. The van der Waals surface area contributed by atoms with Crippen molar-refractivity contribution >= 4 is 12.0 Å². The smallest absolute Gasteiger partial charge is 0.243 e. The third-order valence-corrected chi connectivity index (χ3v) is 3.38. The van der Waals surface area contributed by atoms with Crippen LogP contribution < -0.4 is 5.32 Å². The first-order chi connectivity index (χ1) is 10.2. The largest absolute Gasteiger partial charge is 0.353 e. The first-order valence-corrected chi connectivity index (χ1v) is 7.94. The first kappa shape index (κ1) is 17.4.